The molecule has 2 fully saturated rings. The number of nitrogens with one attached hydrogen (secondary N) is 1. The summed E-state index contributed by atoms with van der Waals surface area (Å²) in [5.74, 6) is -1.22. The van der Waals surface area contributed by atoms with Crippen molar-refractivity contribution in [3.05, 3.63) is 104 Å². The molecule has 0 aromatic heterocycles. The molecular formula is C56H83Cl2F2N7O11S2. The number of hydrogen-bond acceptors (Lipinski definition) is 12. The maximum absolute atomic E-state index is 13.6. The molecule has 2 aliphatic rings. The van der Waals surface area contributed by atoms with Gasteiger partial charge < -0.3 is 44.0 Å². The lowest BCUT2D eigenvalue weighted by atomic mass is 10.0. The van der Waals surface area contributed by atoms with Gasteiger partial charge in [0.05, 0.1) is 21.4 Å². The summed E-state index contributed by atoms with van der Waals surface area (Å²) in [5.41, 5.74) is 0.00397. The molecule has 0 saturated carbocycles. The van der Waals surface area contributed by atoms with Crippen molar-refractivity contribution in [2.75, 3.05) is 66.5 Å². The number of esters is 1. The number of nitro benzene ring substituents is 1. The summed E-state index contributed by atoms with van der Waals surface area (Å²) < 4.78 is 42.7. The number of nitro groups is 1. The van der Waals surface area contributed by atoms with Crippen molar-refractivity contribution in [2.24, 2.45) is 0 Å². The first-order valence-corrected chi connectivity index (χ1v) is 27.2. The zero-order chi connectivity index (χ0) is 58.3. The molecule has 0 radical (unpaired) electrons. The summed E-state index contributed by atoms with van der Waals surface area (Å²) in [4.78, 5) is 92.1. The van der Waals surface area contributed by atoms with Crippen LogP contribution < -0.4 is 10.1 Å². The van der Waals surface area contributed by atoms with Crippen LogP contribution >= 0.6 is 50.2 Å². The molecule has 5 rings (SSSR count). The highest BCUT2D eigenvalue weighted by Crippen LogP contribution is 2.24. The minimum Gasteiger partial charge on any atom is -0.444 e. The van der Waals surface area contributed by atoms with Crippen LogP contribution in [0.5, 0.6) is 5.75 Å². The van der Waals surface area contributed by atoms with E-state index in [9.17, 15) is 47.7 Å². The zero-order valence-electron chi connectivity index (χ0n) is 47.8. The Morgan fingerprint density at radius 1 is 0.650 bits per heavy atom. The highest BCUT2D eigenvalue weighted by Gasteiger charge is 2.30. The maximum Gasteiger partial charge on any atom is 0.410 e. The predicted molar refractivity (Wildman–Crippen MR) is 316 cm³/mol. The average Bonchev–Trinajstić information content (AvgIpc) is 3.39. The number of non-ortho nitro benzene ring substituents is 1. The largest absolute Gasteiger partial charge is 0.444 e. The molecule has 80 heavy (non-hydrogen) atoms. The van der Waals surface area contributed by atoms with Gasteiger partial charge in [-0.25, -0.2) is 18.4 Å². The third kappa shape index (κ3) is 25.6. The molecule has 2 aliphatic heterocycles. The van der Waals surface area contributed by atoms with Crippen molar-refractivity contribution in [3.63, 3.8) is 0 Å². The summed E-state index contributed by atoms with van der Waals surface area (Å²) in [5, 5.41) is 13.8. The third-order valence-corrected chi connectivity index (χ3v) is 13.7. The molecule has 2 atom stereocenters. The Hall–Kier alpha value is -5.42. The van der Waals surface area contributed by atoms with E-state index in [0.717, 1.165) is 19.3 Å². The molecule has 3 aromatic rings. The Kier molecular flexibility index (Phi) is 32.2. The number of ether oxygens (including phenoxy) is 3. The SMILES string of the molecule is CC[C@H](CCC(=O)N1CCN(C(=O)OC(C)(C)C)CC1)N(C)C(=O)CCc1cccc(F)c1Cl.CC[C@H](CCC(=O)N1CCN(C(=O)OC(C)(C)C)CC1)NC.O=C(CCc1cccc(F)c1Cl)Oc1ccc([N+](=O)[O-])cc1.S.S. The van der Waals surface area contributed by atoms with Crippen molar-refractivity contribution >= 4 is 91.8 Å². The lowest BCUT2D eigenvalue weighted by molar-refractivity contribution is -0.384. The Balaban J connectivity index is 0.000000615. The number of hydrogen-bond donors (Lipinski definition) is 1. The van der Waals surface area contributed by atoms with E-state index in [4.69, 9.17) is 37.4 Å². The molecule has 2 heterocycles. The van der Waals surface area contributed by atoms with E-state index in [1.165, 1.54) is 42.5 Å². The molecule has 0 unspecified atom stereocenters. The summed E-state index contributed by atoms with van der Waals surface area (Å²) in [6.45, 7) is 19.3. The van der Waals surface area contributed by atoms with Crippen LogP contribution in [0.4, 0.5) is 24.1 Å². The second-order valence-corrected chi connectivity index (χ2v) is 21.6. The number of amides is 5. The van der Waals surface area contributed by atoms with Crippen LogP contribution in [-0.2, 0) is 41.5 Å². The molecule has 3 aromatic carbocycles. The van der Waals surface area contributed by atoms with Crippen LogP contribution in [0.25, 0.3) is 0 Å². The van der Waals surface area contributed by atoms with Gasteiger partial charge in [-0.3, -0.25) is 29.3 Å². The quantitative estimate of drug-likeness (QED) is 0.0547. The van der Waals surface area contributed by atoms with Crippen LogP contribution in [0, 0.1) is 21.7 Å². The Labute approximate surface area is 494 Å². The van der Waals surface area contributed by atoms with Crippen molar-refractivity contribution in [3.8, 4) is 5.75 Å². The van der Waals surface area contributed by atoms with Gasteiger partial charge in [-0.15, -0.1) is 0 Å². The first-order chi connectivity index (χ1) is 36.7. The van der Waals surface area contributed by atoms with Crippen molar-refractivity contribution in [1.82, 2.24) is 29.8 Å². The first kappa shape index (κ1) is 72.6. The molecule has 448 valence electrons. The molecule has 18 nitrogen and oxygen atoms in total. The van der Waals surface area contributed by atoms with Gasteiger partial charge in [0.15, 0.2) is 0 Å². The summed E-state index contributed by atoms with van der Waals surface area (Å²) in [6, 6.07) is 14.5. The van der Waals surface area contributed by atoms with E-state index in [1.54, 1.807) is 44.8 Å². The second-order valence-electron chi connectivity index (χ2n) is 20.9. The fraction of sp³-hybridized carbons (Fsp3) is 0.571. The highest BCUT2D eigenvalue weighted by molar-refractivity contribution is 7.59. The summed E-state index contributed by atoms with van der Waals surface area (Å²) >= 11 is 11.8. The maximum atomic E-state index is 13.6. The molecule has 24 heteroatoms. The Morgan fingerprint density at radius 3 is 1.45 bits per heavy atom. The smallest absolute Gasteiger partial charge is 0.410 e. The van der Waals surface area contributed by atoms with Crippen LogP contribution in [-0.4, -0.2) is 155 Å². The number of carbonyl (C=O) groups excluding carboxylic acids is 6. The van der Waals surface area contributed by atoms with E-state index >= 15 is 0 Å². The lowest BCUT2D eigenvalue weighted by Gasteiger charge is -2.36. The number of rotatable bonds is 18. The topological polar surface area (TPSA) is 201 Å². The number of benzene rings is 3. The van der Waals surface area contributed by atoms with E-state index in [-0.39, 0.29) is 104 Å². The van der Waals surface area contributed by atoms with E-state index in [0.29, 0.717) is 95.2 Å². The number of nitrogens with zero attached hydrogens (tertiary/aromatic N) is 6. The Morgan fingerprint density at radius 2 is 1.06 bits per heavy atom. The minimum atomic E-state index is -0.549. The van der Waals surface area contributed by atoms with E-state index in [1.807, 2.05) is 60.4 Å². The van der Waals surface area contributed by atoms with Crippen LogP contribution in [0.15, 0.2) is 60.7 Å². The standard InChI is InChI=1S/C25H37ClFN3O4.C16H31N3O3.C15H11ClFNO4.2H2S/c1-6-19(28(5)21(31)12-10-18-8-7-9-20(27)23(18)26)11-13-22(32)29-14-16-30(17-15-29)24(33)34-25(2,3)4;1-6-13(17-5)7-8-14(20)18-9-11-19(12-10-18)15(21)22-16(2,3)4;16-15-10(2-1-3-13(15)17)4-9-14(19)22-12-7-5-11(6-8-12)18(20)21;;/h7-9,19H,6,10-17H2,1-5H3;13,17H,6-12H2,1-5H3;1-3,5-8H,4,9H2;2*1H2/t19-;13-;;;/m11.../s1. The molecule has 5 amide bonds. The van der Waals surface area contributed by atoms with Gasteiger partial charge >= 0.3 is 18.2 Å². The number of aryl methyl sites for hydroxylation is 2. The Bertz CT molecular complexity index is 2470. The highest BCUT2D eigenvalue weighted by atomic mass is 35.5. The molecule has 0 bridgehead atoms. The van der Waals surface area contributed by atoms with Crippen molar-refractivity contribution < 1.29 is 56.7 Å². The second kappa shape index (κ2) is 35.4. The molecule has 1 N–H and O–H groups in total. The van der Waals surface area contributed by atoms with E-state index < -0.39 is 33.7 Å². The molecule has 0 aliphatic carbocycles. The normalized spacial score (nSPS) is 14.0. The van der Waals surface area contributed by atoms with Crippen LogP contribution in [0.2, 0.25) is 10.0 Å². The van der Waals surface area contributed by atoms with Gasteiger partial charge in [0, 0.05) is 103 Å². The zero-order valence-corrected chi connectivity index (χ0v) is 51.4. The lowest BCUT2D eigenvalue weighted by Crippen LogP contribution is -2.51. The van der Waals surface area contributed by atoms with Crippen molar-refractivity contribution in [2.45, 2.75) is 143 Å². The fourth-order valence-electron chi connectivity index (χ4n) is 8.22. The monoisotopic (exact) mass is 1200 g/mol. The van der Waals surface area contributed by atoms with Gasteiger partial charge in [-0.2, -0.15) is 27.0 Å². The molecule has 0 spiro atoms. The van der Waals surface area contributed by atoms with Gasteiger partial charge in [-0.05, 0) is 123 Å². The molecule has 2 saturated heterocycles. The van der Waals surface area contributed by atoms with Gasteiger partial charge in [0.2, 0.25) is 17.7 Å². The third-order valence-electron chi connectivity index (χ3n) is 12.8. The summed E-state index contributed by atoms with van der Waals surface area (Å²) in [6.07, 6.45) is 4.24. The minimum absolute atomic E-state index is 0. The van der Waals surface area contributed by atoms with Crippen LogP contribution in [0.1, 0.15) is 118 Å². The predicted octanol–water partition coefficient (Wildman–Crippen LogP) is 10.5. The van der Waals surface area contributed by atoms with Gasteiger partial charge in [-0.1, -0.05) is 61.3 Å². The van der Waals surface area contributed by atoms with Crippen molar-refractivity contribution in [1.29, 1.82) is 0 Å². The van der Waals surface area contributed by atoms with E-state index in [2.05, 4.69) is 12.2 Å². The van der Waals surface area contributed by atoms with Gasteiger partial charge in [0.25, 0.3) is 5.69 Å². The molecular weight excluding hydrogens is 1120 g/mol. The van der Waals surface area contributed by atoms with Gasteiger partial charge in [0.1, 0.15) is 28.6 Å². The fourth-order valence-corrected chi connectivity index (χ4v) is 8.66. The number of carbonyl (C=O) groups is 6. The summed E-state index contributed by atoms with van der Waals surface area (Å²) in [7, 11) is 3.67. The first-order valence-electron chi connectivity index (χ1n) is 26.4. The van der Waals surface area contributed by atoms with Crippen LogP contribution in [0.3, 0.4) is 0 Å². The number of piperazine rings is 2. The average molecular weight is 1200 g/mol. The number of halogens is 4.